The van der Waals surface area contributed by atoms with Crippen LogP contribution in [0.1, 0.15) is 11.1 Å². The van der Waals surface area contributed by atoms with E-state index in [4.69, 9.17) is 4.74 Å². The summed E-state index contributed by atoms with van der Waals surface area (Å²) < 4.78 is 23.7. The van der Waals surface area contributed by atoms with Gasteiger partial charge in [-0.25, -0.2) is 9.18 Å². The molecule has 0 aliphatic rings. The van der Waals surface area contributed by atoms with Gasteiger partial charge in [0.2, 0.25) is 0 Å². The molecule has 7 heteroatoms. The Morgan fingerprint density at radius 2 is 2.03 bits per heavy atom. The maximum Gasteiger partial charge on any atom is 0.343 e. The predicted octanol–water partition coefficient (Wildman–Crippen LogP) is 3.65. The van der Waals surface area contributed by atoms with Crippen LogP contribution < -0.4 is 10.1 Å². The summed E-state index contributed by atoms with van der Waals surface area (Å²) in [5, 5.41) is 11.7. The number of benzene rings is 2. The van der Waals surface area contributed by atoms with Gasteiger partial charge in [-0.1, -0.05) is 24.3 Å². The van der Waals surface area contributed by atoms with Gasteiger partial charge in [0.05, 0.1) is 12.8 Å². The zero-order valence-electron chi connectivity index (χ0n) is 15.8. The molecule has 0 heterocycles. The molecule has 0 atom stereocenters. The fraction of sp³-hybridized carbons (Fsp3) is 0.136. The van der Waals surface area contributed by atoms with E-state index in [2.05, 4.69) is 16.6 Å². The number of carbonyl (C=O) groups is 2. The van der Waals surface area contributed by atoms with E-state index in [-0.39, 0.29) is 17.9 Å². The van der Waals surface area contributed by atoms with Crippen molar-refractivity contribution >= 4 is 23.6 Å². The van der Waals surface area contributed by atoms with Gasteiger partial charge in [0.1, 0.15) is 23.2 Å². The summed E-state index contributed by atoms with van der Waals surface area (Å²) in [7, 11) is 1.26. The molecule has 1 N–H and O–H groups in total. The number of nitriles is 1. The van der Waals surface area contributed by atoms with Gasteiger partial charge in [0.15, 0.2) is 6.61 Å². The minimum absolute atomic E-state index is 0.0162. The Labute approximate surface area is 167 Å². The quantitative estimate of drug-likeness (QED) is 0.320. The third-order valence-corrected chi connectivity index (χ3v) is 3.82. The van der Waals surface area contributed by atoms with Gasteiger partial charge in [0.25, 0.3) is 5.91 Å². The molecule has 0 aromatic heterocycles. The van der Waals surface area contributed by atoms with Crippen molar-refractivity contribution in [2.45, 2.75) is 6.42 Å². The van der Waals surface area contributed by atoms with E-state index in [1.54, 1.807) is 30.3 Å². The normalized spacial score (nSPS) is 10.6. The predicted molar refractivity (Wildman–Crippen MR) is 106 cm³/mol. The van der Waals surface area contributed by atoms with Crippen LogP contribution in [-0.4, -0.2) is 25.6 Å². The highest BCUT2D eigenvalue weighted by Gasteiger charge is 2.13. The third-order valence-electron chi connectivity index (χ3n) is 3.82. The van der Waals surface area contributed by atoms with Gasteiger partial charge in [-0.3, -0.25) is 4.79 Å². The molecule has 0 saturated carbocycles. The highest BCUT2D eigenvalue weighted by atomic mass is 19.1. The zero-order chi connectivity index (χ0) is 21.2. The van der Waals surface area contributed by atoms with E-state index in [1.807, 2.05) is 6.07 Å². The fourth-order valence-electron chi connectivity index (χ4n) is 2.41. The van der Waals surface area contributed by atoms with E-state index in [1.165, 1.54) is 31.4 Å². The molecule has 6 nitrogen and oxygen atoms in total. The number of esters is 1. The summed E-state index contributed by atoms with van der Waals surface area (Å²) in [5.41, 5.74) is 1.07. The van der Waals surface area contributed by atoms with Crippen molar-refractivity contribution in [3.8, 4) is 11.8 Å². The van der Waals surface area contributed by atoms with Gasteiger partial charge in [-0.15, -0.1) is 6.58 Å². The molecule has 0 fully saturated rings. The summed E-state index contributed by atoms with van der Waals surface area (Å²) in [5.74, 6) is -1.38. The summed E-state index contributed by atoms with van der Waals surface area (Å²) in [4.78, 5) is 23.6. The van der Waals surface area contributed by atoms with Crippen LogP contribution >= 0.6 is 0 Å². The van der Waals surface area contributed by atoms with Crippen molar-refractivity contribution in [2.75, 3.05) is 19.0 Å². The van der Waals surface area contributed by atoms with Crippen LogP contribution in [-0.2, 0) is 20.7 Å². The second-order valence-corrected chi connectivity index (χ2v) is 5.83. The maximum absolute atomic E-state index is 13.7. The van der Waals surface area contributed by atoms with Crippen LogP contribution in [0.15, 0.2) is 60.7 Å². The Bertz CT molecular complexity index is 993. The maximum atomic E-state index is 13.7. The molecular formula is C22H19FN2O4. The first-order valence-electron chi connectivity index (χ1n) is 8.59. The van der Waals surface area contributed by atoms with Crippen LogP contribution in [0.25, 0.3) is 6.08 Å². The highest BCUT2D eigenvalue weighted by molar-refractivity contribution is 6.09. The van der Waals surface area contributed by atoms with Gasteiger partial charge < -0.3 is 14.8 Å². The Kier molecular flexibility index (Phi) is 7.68. The largest absolute Gasteiger partial charge is 0.482 e. The Morgan fingerprint density at radius 3 is 2.69 bits per heavy atom. The van der Waals surface area contributed by atoms with E-state index in [0.717, 1.165) is 0 Å². The number of rotatable bonds is 8. The molecule has 2 rings (SSSR count). The second kappa shape index (κ2) is 10.4. The number of allylic oxidation sites excluding steroid dienone is 1. The van der Waals surface area contributed by atoms with Crippen molar-refractivity contribution in [2.24, 2.45) is 0 Å². The van der Waals surface area contributed by atoms with E-state index in [9.17, 15) is 19.2 Å². The van der Waals surface area contributed by atoms with E-state index in [0.29, 0.717) is 23.3 Å². The molecule has 1 amide bonds. The number of halogens is 1. The SMILES string of the molecule is C=CCc1cc(/C=C(/C#N)C(=O)Nc2ccccc2F)ccc1OCC(=O)OC. The number of ether oxygens (including phenoxy) is 2. The lowest BCUT2D eigenvalue weighted by atomic mass is 10.0. The number of anilines is 1. The highest BCUT2D eigenvalue weighted by Crippen LogP contribution is 2.23. The summed E-state index contributed by atoms with van der Waals surface area (Å²) in [6.45, 7) is 3.44. The monoisotopic (exact) mass is 394 g/mol. The molecule has 0 saturated heterocycles. The molecule has 0 bridgehead atoms. The van der Waals surface area contributed by atoms with Gasteiger partial charge in [-0.2, -0.15) is 5.26 Å². The van der Waals surface area contributed by atoms with Crippen LogP contribution in [0.3, 0.4) is 0 Å². The third kappa shape index (κ3) is 6.04. The van der Waals surface area contributed by atoms with E-state index >= 15 is 0 Å². The van der Waals surface area contributed by atoms with E-state index < -0.39 is 17.7 Å². The summed E-state index contributed by atoms with van der Waals surface area (Å²) in [6.07, 6.45) is 3.48. The van der Waals surface area contributed by atoms with Crippen molar-refractivity contribution in [1.82, 2.24) is 0 Å². The molecular weight excluding hydrogens is 375 g/mol. The smallest absolute Gasteiger partial charge is 0.343 e. The molecule has 0 aliphatic heterocycles. The number of hydrogen-bond acceptors (Lipinski definition) is 5. The second-order valence-electron chi connectivity index (χ2n) is 5.83. The van der Waals surface area contributed by atoms with Gasteiger partial charge in [-0.05, 0) is 47.9 Å². The molecule has 0 radical (unpaired) electrons. The molecule has 0 spiro atoms. The minimum atomic E-state index is -0.728. The summed E-state index contributed by atoms with van der Waals surface area (Å²) >= 11 is 0. The molecule has 0 aliphatic carbocycles. The number of carbonyl (C=O) groups excluding carboxylic acids is 2. The van der Waals surface area contributed by atoms with Crippen LogP contribution in [0.2, 0.25) is 0 Å². The number of nitrogens with one attached hydrogen (secondary N) is 1. The lowest BCUT2D eigenvalue weighted by Crippen LogP contribution is -2.14. The fourth-order valence-corrected chi connectivity index (χ4v) is 2.41. The average molecular weight is 394 g/mol. The lowest BCUT2D eigenvalue weighted by molar-refractivity contribution is -0.142. The number of hydrogen-bond donors (Lipinski definition) is 1. The average Bonchev–Trinajstić information content (AvgIpc) is 2.72. The van der Waals surface area contributed by atoms with Crippen molar-refractivity contribution in [3.63, 3.8) is 0 Å². The first-order chi connectivity index (χ1) is 14.0. The number of amides is 1. The molecule has 29 heavy (non-hydrogen) atoms. The molecule has 2 aromatic rings. The first-order valence-corrected chi connectivity index (χ1v) is 8.59. The Morgan fingerprint density at radius 1 is 1.28 bits per heavy atom. The van der Waals surface area contributed by atoms with Crippen molar-refractivity contribution in [3.05, 3.63) is 77.6 Å². The standard InChI is InChI=1S/C22H19FN2O4/c1-3-6-16-11-15(9-10-20(16)29-14-21(26)28-2)12-17(13-24)22(27)25-19-8-5-4-7-18(19)23/h3-5,7-12H,1,6,14H2,2H3,(H,25,27)/b17-12-. The van der Waals surface area contributed by atoms with Crippen molar-refractivity contribution < 1.29 is 23.5 Å². The van der Waals surface area contributed by atoms with Crippen LogP contribution in [0.4, 0.5) is 10.1 Å². The topological polar surface area (TPSA) is 88.4 Å². The number of para-hydroxylation sites is 1. The number of nitrogens with zero attached hydrogens (tertiary/aromatic N) is 1. The molecule has 2 aromatic carbocycles. The molecule has 0 unspecified atom stereocenters. The van der Waals surface area contributed by atoms with Gasteiger partial charge >= 0.3 is 5.97 Å². The van der Waals surface area contributed by atoms with Crippen LogP contribution in [0.5, 0.6) is 5.75 Å². The van der Waals surface area contributed by atoms with Crippen molar-refractivity contribution in [1.29, 1.82) is 5.26 Å². The first kappa shape index (κ1) is 21.4. The summed E-state index contributed by atoms with van der Waals surface area (Å²) in [6, 6.07) is 12.5. The lowest BCUT2D eigenvalue weighted by Gasteiger charge is -2.11. The Balaban J connectivity index is 2.25. The van der Waals surface area contributed by atoms with Crippen LogP contribution in [0, 0.1) is 17.1 Å². The Hall–Kier alpha value is -3.92. The minimum Gasteiger partial charge on any atom is -0.482 e. The molecule has 148 valence electrons. The number of methoxy groups -OCH3 is 1. The zero-order valence-corrected chi connectivity index (χ0v) is 15.8. The van der Waals surface area contributed by atoms with Gasteiger partial charge in [0, 0.05) is 0 Å².